The number of nitrogens with zero attached hydrogens (tertiary/aromatic N) is 2. The Hall–Kier alpha value is -2.46. The number of thiophene rings is 1. The number of aromatic nitrogens is 1. The number of carbonyl (C=O) groups is 3. The van der Waals surface area contributed by atoms with Gasteiger partial charge in [-0.1, -0.05) is 25.8 Å². The van der Waals surface area contributed by atoms with E-state index in [1.807, 2.05) is 31.4 Å². The van der Waals surface area contributed by atoms with Crippen molar-refractivity contribution in [2.75, 3.05) is 7.05 Å². The van der Waals surface area contributed by atoms with Crippen molar-refractivity contribution in [1.82, 2.24) is 20.5 Å². The summed E-state index contributed by atoms with van der Waals surface area (Å²) in [5.74, 6) is -1.27. The summed E-state index contributed by atoms with van der Waals surface area (Å²) >= 11 is 2.94. The molecule has 2 aromatic heterocycles. The average Bonchev–Trinajstić information content (AvgIpc) is 3.37. The molecule has 30 heavy (non-hydrogen) atoms. The molecule has 3 amide bonds. The summed E-state index contributed by atoms with van der Waals surface area (Å²) in [6, 6.07) is 1.95. The van der Waals surface area contributed by atoms with Gasteiger partial charge in [-0.05, 0) is 24.8 Å². The van der Waals surface area contributed by atoms with Gasteiger partial charge < -0.3 is 20.6 Å². The van der Waals surface area contributed by atoms with Crippen molar-refractivity contribution in [3.63, 3.8) is 0 Å². The number of carboxylic acids is 1. The lowest BCUT2D eigenvalue weighted by Gasteiger charge is -2.29. The molecule has 1 unspecified atom stereocenters. The number of carbonyl (C=O) groups excluding carboxylic acids is 2. The van der Waals surface area contributed by atoms with Crippen molar-refractivity contribution in [2.24, 2.45) is 0 Å². The lowest BCUT2D eigenvalue weighted by atomic mass is 10.1. The van der Waals surface area contributed by atoms with Gasteiger partial charge in [0, 0.05) is 17.3 Å². The number of aryl methyl sites for hydroxylation is 1. The molecule has 10 heteroatoms. The van der Waals surface area contributed by atoms with Crippen molar-refractivity contribution in [2.45, 2.75) is 58.2 Å². The Labute approximate surface area is 184 Å². The quantitative estimate of drug-likeness (QED) is 0.483. The maximum absolute atomic E-state index is 12.9. The van der Waals surface area contributed by atoms with Gasteiger partial charge in [0.1, 0.15) is 6.04 Å². The first-order chi connectivity index (χ1) is 14.3. The normalized spacial score (nSPS) is 12.8. The molecule has 2 rings (SSSR count). The fraction of sp³-hybridized carbons (Fsp3) is 0.500. The minimum atomic E-state index is -1.04. The molecular formula is C20H28N4O4S2. The fourth-order valence-electron chi connectivity index (χ4n) is 2.94. The third-order valence-corrected chi connectivity index (χ3v) is 6.28. The number of amides is 3. The zero-order valence-electron chi connectivity index (χ0n) is 17.4. The number of rotatable bonds is 11. The Bertz CT molecular complexity index is 838. The summed E-state index contributed by atoms with van der Waals surface area (Å²) < 4.78 is 0. The highest BCUT2D eigenvalue weighted by molar-refractivity contribution is 7.10. The van der Waals surface area contributed by atoms with Crippen LogP contribution in [0, 0.1) is 6.92 Å². The van der Waals surface area contributed by atoms with Gasteiger partial charge in [-0.25, -0.2) is 9.78 Å². The highest BCUT2D eigenvalue weighted by atomic mass is 32.1. The van der Waals surface area contributed by atoms with E-state index >= 15 is 0 Å². The molecule has 0 bridgehead atoms. The highest BCUT2D eigenvalue weighted by Crippen LogP contribution is 2.20. The van der Waals surface area contributed by atoms with Crippen molar-refractivity contribution in [3.8, 4) is 0 Å². The Morgan fingerprint density at radius 3 is 2.63 bits per heavy atom. The maximum Gasteiger partial charge on any atom is 0.318 e. The third kappa shape index (κ3) is 7.10. The molecule has 2 atom stereocenters. The van der Waals surface area contributed by atoms with E-state index < -0.39 is 24.1 Å². The molecule has 0 aromatic carbocycles. The van der Waals surface area contributed by atoms with Crippen LogP contribution in [0.25, 0.3) is 0 Å². The molecule has 8 nitrogen and oxygen atoms in total. The molecule has 2 heterocycles. The van der Waals surface area contributed by atoms with Gasteiger partial charge in [-0.15, -0.1) is 22.7 Å². The van der Waals surface area contributed by atoms with E-state index in [9.17, 15) is 19.5 Å². The molecule has 3 N–H and O–H groups in total. The molecule has 164 valence electrons. The average molecular weight is 453 g/mol. The van der Waals surface area contributed by atoms with Crippen molar-refractivity contribution < 1.29 is 19.5 Å². The number of carboxylic acid groups (broad SMARTS) is 1. The summed E-state index contributed by atoms with van der Waals surface area (Å²) in [7, 11) is 1.56. The van der Waals surface area contributed by atoms with E-state index in [1.165, 1.54) is 16.2 Å². The highest BCUT2D eigenvalue weighted by Gasteiger charge is 2.29. The van der Waals surface area contributed by atoms with Gasteiger partial charge in [0.2, 0.25) is 5.91 Å². The first-order valence-corrected chi connectivity index (χ1v) is 11.5. The Morgan fingerprint density at radius 2 is 2.07 bits per heavy atom. The van der Waals surface area contributed by atoms with Gasteiger partial charge in [-0.2, -0.15) is 0 Å². The lowest BCUT2D eigenvalue weighted by molar-refractivity contribution is -0.137. The maximum atomic E-state index is 12.9. The number of hydrogen-bond donors (Lipinski definition) is 3. The number of aliphatic carboxylic acids is 1. The lowest BCUT2D eigenvalue weighted by Crippen LogP contribution is -2.51. The largest absolute Gasteiger partial charge is 0.481 e. The predicted octanol–water partition coefficient (Wildman–Crippen LogP) is 3.55. The fourth-order valence-corrected chi connectivity index (χ4v) is 4.25. The first-order valence-electron chi connectivity index (χ1n) is 9.79. The van der Waals surface area contributed by atoms with Crippen LogP contribution in [-0.2, 0) is 16.1 Å². The summed E-state index contributed by atoms with van der Waals surface area (Å²) in [4.78, 5) is 43.6. The van der Waals surface area contributed by atoms with Crippen LogP contribution in [-0.4, -0.2) is 46.0 Å². The molecule has 0 fully saturated rings. The van der Waals surface area contributed by atoms with Crippen LogP contribution in [0.1, 0.15) is 54.2 Å². The van der Waals surface area contributed by atoms with Crippen molar-refractivity contribution in [1.29, 1.82) is 0 Å². The topological polar surface area (TPSA) is 112 Å². The molecule has 0 saturated carbocycles. The predicted molar refractivity (Wildman–Crippen MR) is 118 cm³/mol. The number of thiazole rings is 1. The standard InChI is InChI=1S/C20H28N4O4S2/c1-4-5-8-17(19(27)21-11-14-7-6-9-29-14)24(3)20(28)23-15(10-18(25)26)16-12-30-13(2)22-16/h6-7,9,12,15,17H,4-5,8,10-11H2,1-3H3,(H,21,27)(H,23,28)(H,25,26)/t15?,17-/m1/s1. The smallest absolute Gasteiger partial charge is 0.318 e. The minimum absolute atomic E-state index is 0.228. The van der Waals surface area contributed by atoms with Crippen LogP contribution in [0.5, 0.6) is 0 Å². The third-order valence-electron chi connectivity index (χ3n) is 4.61. The molecular weight excluding hydrogens is 424 g/mol. The molecule has 2 aromatic rings. The van der Waals surface area contributed by atoms with Gasteiger partial charge in [0.25, 0.3) is 0 Å². The van der Waals surface area contributed by atoms with E-state index in [2.05, 4.69) is 15.6 Å². The first kappa shape index (κ1) is 23.8. The van der Waals surface area contributed by atoms with E-state index in [0.717, 1.165) is 22.7 Å². The van der Waals surface area contributed by atoms with Crippen molar-refractivity contribution >= 4 is 40.6 Å². The second kappa shape index (κ2) is 11.7. The van der Waals surface area contributed by atoms with Gasteiger partial charge in [-0.3, -0.25) is 9.59 Å². The molecule has 0 radical (unpaired) electrons. The minimum Gasteiger partial charge on any atom is -0.481 e. The summed E-state index contributed by atoms with van der Waals surface area (Å²) in [5, 5.41) is 19.3. The van der Waals surface area contributed by atoms with Crippen LogP contribution in [0.3, 0.4) is 0 Å². The zero-order valence-corrected chi connectivity index (χ0v) is 19.0. The van der Waals surface area contributed by atoms with Crippen LogP contribution >= 0.6 is 22.7 Å². The molecule has 0 saturated heterocycles. The second-order valence-corrected chi connectivity index (χ2v) is 9.05. The van der Waals surface area contributed by atoms with Crippen LogP contribution in [0.4, 0.5) is 4.79 Å². The Balaban J connectivity index is 2.07. The molecule has 0 spiro atoms. The Morgan fingerprint density at radius 1 is 1.30 bits per heavy atom. The number of urea groups is 1. The number of likely N-dealkylation sites (N-methyl/N-ethyl adjacent to an activating group) is 1. The monoisotopic (exact) mass is 452 g/mol. The number of hydrogen-bond acceptors (Lipinski definition) is 6. The molecule has 0 aliphatic rings. The Kier molecular flexibility index (Phi) is 9.25. The van der Waals surface area contributed by atoms with Gasteiger partial charge >= 0.3 is 12.0 Å². The van der Waals surface area contributed by atoms with E-state index in [-0.39, 0.29) is 12.3 Å². The number of nitrogens with one attached hydrogen (secondary N) is 2. The second-order valence-electron chi connectivity index (χ2n) is 6.96. The van der Waals surface area contributed by atoms with Crippen LogP contribution < -0.4 is 10.6 Å². The summed E-state index contributed by atoms with van der Waals surface area (Å²) in [6.07, 6.45) is 1.92. The molecule has 0 aliphatic heterocycles. The van der Waals surface area contributed by atoms with E-state index in [4.69, 9.17) is 0 Å². The zero-order chi connectivity index (χ0) is 22.1. The van der Waals surface area contributed by atoms with E-state index in [0.29, 0.717) is 18.7 Å². The van der Waals surface area contributed by atoms with E-state index in [1.54, 1.807) is 23.8 Å². The van der Waals surface area contributed by atoms with Crippen LogP contribution in [0.2, 0.25) is 0 Å². The summed E-state index contributed by atoms with van der Waals surface area (Å²) in [5.41, 5.74) is 0.508. The summed E-state index contributed by atoms with van der Waals surface area (Å²) in [6.45, 7) is 4.25. The van der Waals surface area contributed by atoms with Gasteiger partial charge in [0.05, 0.1) is 29.7 Å². The van der Waals surface area contributed by atoms with Crippen molar-refractivity contribution in [3.05, 3.63) is 38.5 Å². The number of unbranched alkanes of at least 4 members (excludes halogenated alkanes) is 1. The van der Waals surface area contributed by atoms with Crippen LogP contribution in [0.15, 0.2) is 22.9 Å². The molecule has 0 aliphatic carbocycles. The SMILES string of the molecule is CCCC[C@H](C(=O)NCc1cccs1)N(C)C(=O)NC(CC(=O)O)c1csc(C)n1. The van der Waals surface area contributed by atoms with Gasteiger partial charge in [0.15, 0.2) is 0 Å².